The van der Waals surface area contributed by atoms with E-state index in [0.29, 0.717) is 37.8 Å². The molecule has 0 saturated carbocycles. The second kappa shape index (κ2) is 8.29. The number of hydrogen-bond donors (Lipinski definition) is 0. The number of aromatic nitrogens is 3. The lowest BCUT2D eigenvalue weighted by Gasteiger charge is -2.32. The largest absolute Gasteiger partial charge is 0.305 e. The Labute approximate surface area is 186 Å². The molecule has 0 radical (unpaired) electrons. The molecule has 0 N–H and O–H groups in total. The Morgan fingerprint density at radius 3 is 2.31 bits per heavy atom. The van der Waals surface area contributed by atoms with E-state index in [1.807, 2.05) is 42.5 Å². The first kappa shape index (κ1) is 20.5. The van der Waals surface area contributed by atoms with Crippen LogP contribution in [0.15, 0.2) is 77.8 Å². The Balaban J connectivity index is 1.44. The van der Waals surface area contributed by atoms with Gasteiger partial charge in [0, 0.05) is 36.5 Å². The van der Waals surface area contributed by atoms with Crippen molar-refractivity contribution in [1.82, 2.24) is 18.8 Å². The highest BCUT2D eigenvalue weighted by atomic mass is 32.2. The lowest BCUT2D eigenvalue weighted by atomic mass is 10.1. The summed E-state index contributed by atoms with van der Waals surface area (Å²) in [6.45, 7) is 0.812. The molecule has 1 saturated heterocycles. The molecule has 162 valence electrons. The van der Waals surface area contributed by atoms with Crippen molar-refractivity contribution in [2.75, 3.05) is 13.1 Å². The topological polar surface area (TPSA) is 85.2 Å². The van der Waals surface area contributed by atoms with E-state index >= 15 is 0 Å². The third kappa shape index (κ3) is 3.61. The maximum atomic E-state index is 13.1. The van der Waals surface area contributed by atoms with E-state index in [4.69, 9.17) is 4.98 Å². The number of rotatable bonds is 5. The van der Waals surface area contributed by atoms with E-state index in [2.05, 4.69) is 9.55 Å². The summed E-state index contributed by atoms with van der Waals surface area (Å²) in [4.78, 5) is 20.5. The van der Waals surface area contributed by atoms with Crippen molar-refractivity contribution in [3.05, 3.63) is 78.5 Å². The number of fused-ring (bicyclic) bond motifs is 1. The third-order valence-electron chi connectivity index (χ3n) is 5.92. The number of carbonyl (C=O) groups is 1. The summed E-state index contributed by atoms with van der Waals surface area (Å²) in [6.07, 6.45) is 3.79. The van der Waals surface area contributed by atoms with Crippen LogP contribution < -0.4 is 0 Å². The zero-order valence-corrected chi connectivity index (χ0v) is 18.1. The first-order chi connectivity index (χ1) is 15.6. The number of piperidine rings is 1. The fraction of sp³-hybridized carbons (Fsp3) is 0.208. The molecule has 0 amide bonds. The minimum Gasteiger partial charge on any atom is -0.305 e. The summed E-state index contributed by atoms with van der Waals surface area (Å²) in [5, 5.41) is 0. The van der Waals surface area contributed by atoms with Crippen LogP contribution in [0.2, 0.25) is 0 Å². The Morgan fingerprint density at radius 2 is 1.62 bits per heavy atom. The predicted molar refractivity (Wildman–Crippen MR) is 122 cm³/mol. The van der Waals surface area contributed by atoms with Crippen molar-refractivity contribution in [2.45, 2.75) is 23.8 Å². The smallest absolute Gasteiger partial charge is 0.243 e. The number of benzene rings is 2. The zero-order chi connectivity index (χ0) is 22.1. The maximum Gasteiger partial charge on any atom is 0.243 e. The van der Waals surface area contributed by atoms with Gasteiger partial charge in [0.1, 0.15) is 17.6 Å². The number of hydrogen-bond acceptors (Lipinski definition) is 5. The molecule has 0 aliphatic carbocycles. The summed E-state index contributed by atoms with van der Waals surface area (Å²) < 4.78 is 29.9. The maximum absolute atomic E-state index is 13.1. The average molecular weight is 447 g/mol. The molecule has 5 rings (SSSR count). The molecule has 1 aliphatic rings. The van der Waals surface area contributed by atoms with Gasteiger partial charge in [-0.15, -0.1) is 0 Å². The Bertz CT molecular complexity index is 1360. The van der Waals surface area contributed by atoms with Crippen molar-refractivity contribution < 1.29 is 13.2 Å². The molecule has 0 unspecified atom stereocenters. The van der Waals surface area contributed by atoms with E-state index in [-0.39, 0.29) is 10.9 Å². The first-order valence-electron chi connectivity index (χ1n) is 10.5. The Morgan fingerprint density at radius 1 is 0.906 bits per heavy atom. The Kier molecular flexibility index (Phi) is 5.32. The van der Waals surface area contributed by atoms with E-state index in [0.717, 1.165) is 22.6 Å². The number of carbonyl (C=O) groups excluding carboxylic acids is 1. The van der Waals surface area contributed by atoms with Crippen LogP contribution in [0.5, 0.6) is 0 Å². The van der Waals surface area contributed by atoms with Gasteiger partial charge in [-0.1, -0.05) is 42.5 Å². The molecule has 8 heteroatoms. The first-order valence-corrected chi connectivity index (χ1v) is 12.0. The molecule has 2 aromatic heterocycles. The molecule has 0 bridgehead atoms. The highest BCUT2D eigenvalue weighted by molar-refractivity contribution is 7.89. The molecular weight excluding hydrogens is 424 g/mol. The van der Waals surface area contributed by atoms with E-state index in [1.54, 1.807) is 6.20 Å². The molecule has 0 atom stereocenters. The summed E-state index contributed by atoms with van der Waals surface area (Å²) in [5.41, 5.74) is 3.11. The van der Waals surface area contributed by atoms with Crippen LogP contribution in [-0.4, -0.2) is 46.6 Å². The van der Waals surface area contributed by atoms with Gasteiger partial charge in [0.25, 0.3) is 0 Å². The highest BCUT2D eigenvalue weighted by Gasteiger charge is 2.32. The van der Waals surface area contributed by atoms with Crippen molar-refractivity contribution in [2.24, 2.45) is 0 Å². The molecule has 3 heterocycles. The van der Waals surface area contributed by atoms with Crippen LogP contribution in [0.25, 0.3) is 22.6 Å². The lowest BCUT2D eigenvalue weighted by Crippen LogP contribution is -2.39. The van der Waals surface area contributed by atoms with E-state index in [1.165, 1.54) is 28.6 Å². The number of sulfonamides is 1. The zero-order valence-electron chi connectivity index (χ0n) is 17.3. The third-order valence-corrected chi connectivity index (χ3v) is 7.84. The van der Waals surface area contributed by atoms with Crippen LogP contribution in [0.3, 0.4) is 0 Å². The number of pyridine rings is 1. The molecule has 0 spiro atoms. The minimum absolute atomic E-state index is 0.0917. The molecule has 4 aromatic rings. The normalized spacial score (nSPS) is 15.8. The standard InChI is InChI=1S/C24H22N4O3S/c29-17-18-8-10-21(11-9-18)32(30,31)27-15-12-20(13-16-27)28-23(19-5-2-1-3-6-19)26-22-7-4-14-25-24(22)28/h1-11,14,17,20H,12-13,15-16H2. The molecule has 7 nitrogen and oxygen atoms in total. The van der Waals surface area contributed by atoms with Crippen molar-refractivity contribution in [3.63, 3.8) is 0 Å². The monoisotopic (exact) mass is 446 g/mol. The van der Waals surface area contributed by atoms with E-state index < -0.39 is 10.0 Å². The van der Waals surface area contributed by atoms with Crippen LogP contribution in [0.1, 0.15) is 29.2 Å². The van der Waals surface area contributed by atoms with Gasteiger partial charge in [-0.05, 0) is 37.1 Å². The predicted octanol–water partition coefficient (Wildman–Crippen LogP) is 3.94. The summed E-state index contributed by atoms with van der Waals surface area (Å²) >= 11 is 0. The lowest BCUT2D eigenvalue weighted by molar-refractivity contribution is 0.112. The van der Waals surface area contributed by atoms with Crippen molar-refractivity contribution >= 4 is 27.5 Å². The van der Waals surface area contributed by atoms with Gasteiger partial charge in [-0.2, -0.15) is 4.31 Å². The van der Waals surface area contributed by atoms with Gasteiger partial charge in [-0.3, -0.25) is 4.79 Å². The average Bonchev–Trinajstić information content (AvgIpc) is 3.24. The van der Waals surface area contributed by atoms with Crippen molar-refractivity contribution in [1.29, 1.82) is 0 Å². The minimum atomic E-state index is -3.61. The van der Waals surface area contributed by atoms with Crippen LogP contribution in [0, 0.1) is 0 Å². The van der Waals surface area contributed by atoms with Gasteiger partial charge in [-0.25, -0.2) is 18.4 Å². The SMILES string of the molecule is O=Cc1ccc(S(=O)(=O)N2CCC(n3c(-c4ccccc4)nc4cccnc43)CC2)cc1. The molecule has 2 aromatic carbocycles. The van der Waals surface area contributed by atoms with Gasteiger partial charge < -0.3 is 4.57 Å². The van der Waals surface area contributed by atoms with Crippen LogP contribution in [0.4, 0.5) is 0 Å². The van der Waals surface area contributed by atoms with Gasteiger partial charge >= 0.3 is 0 Å². The molecule has 1 aliphatic heterocycles. The summed E-state index contributed by atoms with van der Waals surface area (Å²) in [7, 11) is -3.61. The molecule has 32 heavy (non-hydrogen) atoms. The quantitative estimate of drug-likeness (QED) is 0.434. The summed E-state index contributed by atoms with van der Waals surface area (Å²) in [5.74, 6) is 0.852. The second-order valence-electron chi connectivity index (χ2n) is 7.84. The fourth-order valence-corrected chi connectivity index (χ4v) is 5.74. The number of nitrogens with zero attached hydrogens (tertiary/aromatic N) is 4. The number of imidazole rings is 1. The van der Waals surface area contributed by atoms with Crippen molar-refractivity contribution in [3.8, 4) is 11.4 Å². The van der Waals surface area contributed by atoms with E-state index in [9.17, 15) is 13.2 Å². The fourth-order valence-electron chi connectivity index (χ4n) is 4.27. The van der Waals surface area contributed by atoms with Crippen LogP contribution in [-0.2, 0) is 10.0 Å². The number of aldehydes is 1. The summed E-state index contributed by atoms with van der Waals surface area (Å²) in [6, 6.07) is 20.0. The Hall–Kier alpha value is -3.36. The van der Waals surface area contributed by atoms with Gasteiger partial charge in [0.05, 0.1) is 4.90 Å². The molecular formula is C24H22N4O3S. The van der Waals surface area contributed by atoms with Crippen LogP contribution >= 0.6 is 0 Å². The van der Waals surface area contributed by atoms with Gasteiger partial charge in [0.15, 0.2) is 5.65 Å². The molecule has 1 fully saturated rings. The second-order valence-corrected chi connectivity index (χ2v) is 9.78. The highest BCUT2D eigenvalue weighted by Crippen LogP contribution is 2.33. The van der Waals surface area contributed by atoms with Gasteiger partial charge in [0.2, 0.25) is 10.0 Å².